The SMILES string of the molecule is CC(C)(C)CC1=NOC2(CCN(C(C)(C)C)CC2)C1. The van der Waals surface area contributed by atoms with Crippen LogP contribution in [0.15, 0.2) is 5.16 Å². The summed E-state index contributed by atoms with van der Waals surface area (Å²) in [5.74, 6) is 0. The van der Waals surface area contributed by atoms with Gasteiger partial charge < -0.3 is 4.84 Å². The van der Waals surface area contributed by atoms with E-state index in [4.69, 9.17) is 4.84 Å². The number of hydrogen-bond donors (Lipinski definition) is 0. The lowest BCUT2D eigenvalue weighted by Crippen LogP contribution is -2.51. The molecule has 0 aliphatic carbocycles. The summed E-state index contributed by atoms with van der Waals surface area (Å²) in [7, 11) is 0. The van der Waals surface area contributed by atoms with Crippen LogP contribution in [0, 0.1) is 5.41 Å². The van der Waals surface area contributed by atoms with Crippen LogP contribution in [0.2, 0.25) is 0 Å². The van der Waals surface area contributed by atoms with Crippen molar-refractivity contribution in [2.75, 3.05) is 13.1 Å². The molecule has 0 atom stereocenters. The predicted molar refractivity (Wildman–Crippen MR) is 80.5 cm³/mol. The molecule has 0 saturated carbocycles. The molecule has 19 heavy (non-hydrogen) atoms. The molecule has 2 aliphatic rings. The molecule has 3 heteroatoms. The fraction of sp³-hybridized carbons (Fsp3) is 0.938. The zero-order valence-corrected chi connectivity index (χ0v) is 13.5. The molecular formula is C16H30N2O. The van der Waals surface area contributed by atoms with Crippen molar-refractivity contribution in [2.24, 2.45) is 10.6 Å². The molecule has 2 heterocycles. The molecule has 2 rings (SSSR count). The number of hydrogen-bond acceptors (Lipinski definition) is 3. The van der Waals surface area contributed by atoms with Gasteiger partial charge >= 0.3 is 0 Å². The second-order valence-electron chi connectivity index (χ2n) is 8.50. The molecule has 1 fully saturated rings. The van der Waals surface area contributed by atoms with Crippen LogP contribution < -0.4 is 0 Å². The molecule has 0 radical (unpaired) electrons. The Morgan fingerprint density at radius 3 is 2.16 bits per heavy atom. The van der Waals surface area contributed by atoms with Crippen LogP contribution in [0.5, 0.6) is 0 Å². The molecule has 1 saturated heterocycles. The van der Waals surface area contributed by atoms with E-state index in [9.17, 15) is 0 Å². The van der Waals surface area contributed by atoms with E-state index in [0.717, 1.165) is 38.8 Å². The maximum Gasteiger partial charge on any atom is 0.145 e. The van der Waals surface area contributed by atoms with Gasteiger partial charge in [-0.1, -0.05) is 25.9 Å². The van der Waals surface area contributed by atoms with Crippen molar-refractivity contribution >= 4 is 5.71 Å². The number of piperidine rings is 1. The maximum absolute atomic E-state index is 5.86. The normalized spacial score (nSPS) is 24.4. The molecule has 0 unspecified atom stereocenters. The second-order valence-corrected chi connectivity index (χ2v) is 8.50. The molecule has 0 bridgehead atoms. The van der Waals surface area contributed by atoms with E-state index in [-0.39, 0.29) is 11.1 Å². The quantitative estimate of drug-likeness (QED) is 0.720. The minimum atomic E-state index is 0.0162. The van der Waals surface area contributed by atoms with Crippen molar-refractivity contribution in [3.8, 4) is 0 Å². The summed E-state index contributed by atoms with van der Waals surface area (Å²) >= 11 is 0. The highest BCUT2D eigenvalue weighted by Gasteiger charge is 2.43. The summed E-state index contributed by atoms with van der Waals surface area (Å²) in [4.78, 5) is 8.42. The third kappa shape index (κ3) is 3.71. The van der Waals surface area contributed by atoms with Crippen molar-refractivity contribution in [1.82, 2.24) is 4.90 Å². The Hall–Kier alpha value is -0.570. The molecule has 0 N–H and O–H groups in total. The number of likely N-dealkylation sites (tertiary alicyclic amines) is 1. The monoisotopic (exact) mass is 266 g/mol. The highest BCUT2D eigenvalue weighted by atomic mass is 16.7. The van der Waals surface area contributed by atoms with Gasteiger partial charge in [-0.25, -0.2) is 0 Å². The summed E-state index contributed by atoms with van der Waals surface area (Å²) in [6.45, 7) is 15.9. The van der Waals surface area contributed by atoms with Crippen molar-refractivity contribution < 1.29 is 4.84 Å². The summed E-state index contributed by atoms with van der Waals surface area (Å²) in [6.07, 6.45) is 4.32. The number of nitrogens with zero attached hydrogens (tertiary/aromatic N) is 2. The van der Waals surface area contributed by atoms with Gasteiger partial charge in [-0.3, -0.25) is 4.90 Å². The first-order valence-corrected chi connectivity index (χ1v) is 7.59. The topological polar surface area (TPSA) is 24.8 Å². The first kappa shape index (κ1) is 14.8. The minimum absolute atomic E-state index is 0.0162. The molecule has 1 spiro atoms. The van der Waals surface area contributed by atoms with Crippen LogP contribution in [0.1, 0.15) is 67.2 Å². The standard InChI is InChI=1S/C16H30N2O/c1-14(2,3)11-13-12-16(19-17-13)7-9-18(10-8-16)15(4,5)6/h7-12H2,1-6H3. The average molecular weight is 266 g/mol. The van der Waals surface area contributed by atoms with E-state index in [1.807, 2.05) is 0 Å². The fourth-order valence-corrected chi connectivity index (χ4v) is 3.16. The van der Waals surface area contributed by atoms with Crippen LogP contribution in [0.4, 0.5) is 0 Å². The van der Waals surface area contributed by atoms with E-state index >= 15 is 0 Å². The Bertz CT molecular complexity index is 352. The lowest BCUT2D eigenvalue weighted by Gasteiger charge is -2.43. The molecule has 0 aromatic heterocycles. The molecule has 0 aromatic carbocycles. The zero-order chi connectivity index (χ0) is 14.3. The van der Waals surface area contributed by atoms with Crippen molar-refractivity contribution in [2.45, 2.75) is 78.4 Å². The van der Waals surface area contributed by atoms with E-state index < -0.39 is 0 Å². The Morgan fingerprint density at radius 1 is 1.11 bits per heavy atom. The van der Waals surface area contributed by atoms with Gasteiger partial charge in [-0.15, -0.1) is 0 Å². The van der Waals surface area contributed by atoms with E-state index in [1.165, 1.54) is 5.71 Å². The zero-order valence-electron chi connectivity index (χ0n) is 13.5. The molecule has 0 amide bonds. The first-order chi connectivity index (χ1) is 8.60. The molecular weight excluding hydrogens is 236 g/mol. The largest absolute Gasteiger partial charge is 0.389 e. The van der Waals surface area contributed by atoms with Gasteiger partial charge in [-0.05, 0) is 32.6 Å². The van der Waals surface area contributed by atoms with E-state index in [0.29, 0.717) is 5.41 Å². The summed E-state index contributed by atoms with van der Waals surface area (Å²) in [6, 6.07) is 0. The Kier molecular flexibility index (Phi) is 3.72. The van der Waals surface area contributed by atoms with Crippen molar-refractivity contribution in [1.29, 1.82) is 0 Å². The lowest BCUT2D eigenvalue weighted by atomic mass is 9.81. The molecule has 110 valence electrons. The maximum atomic E-state index is 5.86. The van der Waals surface area contributed by atoms with Crippen molar-refractivity contribution in [3.63, 3.8) is 0 Å². The highest BCUT2D eigenvalue weighted by molar-refractivity contribution is 5.86. The Labute approximate surface area is 118 Å². The third-order valence-electron chi connectivity index (χ3n) is 4.25. The molecule has 3 nitrogen and oxygen atoms in total. The van der Waals surface area contributed by atoms with Gasteiger partial charge in [0.25, 0.3) is 0 Å². The van der Waals surface area contributed by atoms with Crippen LogP contribution in [-0.4, -0.2) is 34.8 Å². The van der Waals surface area contributed by atoms with Gasteiger partial charge in [0.2, 0.25) is 0 Å². The number of rotatable bonds is 1. The van der Waals surface area contributed by atoms with Gasteiger partial charge in [0, 0.05) is 37.9 Å². The minimum Gasteiger partial charge on any atom is -0.389 e. The smallest absolute Gasteiger partial charge is 0.145 e. The van der Waals surface area contributed by atoms with Crippen LogP contribution in [-0.2, 0) is 4.84 Å². The molecule has 0 aromatic rings. The van der Waals surface area contributed by atoms with Gasteiger partial charge in [0.15, 0.2) is 0 Å². The van der Waals surface area contributed by atoms with E-state index in [2.05, 4.69) is 51.6 Å². The van der Waals surface area contributed by atoms with Gasteiger partial charge in [0.1, 0.15) is 5.60 Å². The Balaban J connectivity index is 1.89. The van der Waals surface area contributed by atoms with E-state index in [1.54, 1.807) is 0 Å². The number of oxime groups is 1. The van der Waals surface area contributed by atoms with Crippen LogP contribution in [0.25, 0.3) is 0 Å². The second kappa shape index (κ2) is 4.76. The molecule has 2 aliphatic heterocycles. The van der Waals surface area contributed by atoms with Crippen LogP contribution in [0.3, 0.4) is 0 Å². The van der Waals surface area contributed by atoms with Gasteiger partial charge in [-0.2, -0.15) is 0 Å². The average Bonchev–Trinajstić information content (AvgIpc) is 2.58. The van der Waals surface area contributed by atoms with Crippen LogP contribution >= 0.6 is 0 Å². The lowest BCUT2D eigenvalue weighted by molar-refractivity contribution is -0.0745. The van der Waals surface area contributed by atoms with Crippen molar-refractivity contribution in [3.05, 3.63) is 0 Å². The predicted octanol–water partition coefficient (Wildman–Crippen LogP) is 3.83. The summed E-state index contributed by atoms with van der Waals surface area (Å²) < 4.78 is 0. The van der Waals surface area contributed by atoms with Gasteiger partial charge in [0.05, 0.1) is 5.71 Å². The summed E-state index contributed by atoms with van der Waals surface area (Å²) in [5, 5.41) is 4.38. The fourth-order valence-electron chi connectivity index (χ4n) is 3.16. The summed E-state index contributed by atoms with van der Waals surface area (Å²) in [5.41, 5.74) is 1.86. The third-order valence-corrected chi connectivity index (χ3v) is 4.25. The highest BCUT2D eigenvalue weighted by Crippen LogP contribution is 2.38. The first-order valence-electron chi connectivity index (χ1n) is 7.59. The Morgan fingerprint density at radius 2 is 1.68 bits per heavy atom.